The van der Waals surface area contributed by atoms with E-state index >= 15 is 0 Å². The zero-order chi connectivity index (χ0) is 21.2. The summed E-state index contributed by atoms with van der Waals surface area (Å²) in [5.41, 5.74) is -2.80. The Morgan fingerprint density at radius 3 is 2.55 bits per heavy atom. The Balaban J connectivity index is 1.84. The van der Waals surface area contributed by atoms with Crippen molar-refractivity contribution in [3.63, 3.8) is 0 Å². The number of benzene rings is 1. The highest BCUT2D eigenvalue weighted by Gasteiger charge is 2.43. The Morgan fingerprint density at radius 2 is 1.97 bits per heavy atom. The fourth-order valence-electron chi connectivity index (χ4n) is 3.57. The third-order valence-electron chi connectivity index (χ3n) is 5.06. The average molecular weight is 412 g/mol. The highest BCUT2D eigenvalue weighted by atomic mass is 19.4. The van der Waals surface area contributed by atoms with E-state index in [1.54, 1.807) is 6.07 Å². The molecular formula is C18H19F3N4O4. The number of fused-ring (bicyclic) bond motifs is 1. The van der Waals surface area contributed by atoms with Gasteiger partial charge in [0.15, 0.2) is 0 Å². The lowest BCUT2D eigenvalue weighted by Crippen LogP contribution is -2.37. The minimum absolute atomic E-state index is 0.0164. The first kappa shape index (κ1) is 20.6. The monoisotopic (exact) mass is 412 g/mol. The van der Waals surface area contributed by atoms with Gasteiger partial charge in [0, 0.05) is 25.0 Å². The van der Waals surface area contributed by atoms with Crippen molar-refractivity contribution in [1.29, 1.82) is 0 Å². The van der Waals surface area contributed by atoms with Gasteiger partial charge in [0.05, 0.1) is 10.4 Å². The number of anilines is 1. The Hall–Kier alpha value is -3.11. The Bertz CT molecular complexity index is 927. The fraction of sp³-hybridized carbons (Fsp3) is 0.444. The van der Waals surface area contributed by atoms with Crippen LogP contribution in [0, 0.1) is 16.0 Å². The van der Waals surface area contributed by atoms with Crippen LogP contribution in [0.25, 0.3) is 10.9 Å². The predicted molar refractivity (Wildman–Crippen MR) is 98.8 cm³/mol. The number of piperidine rings is 1. The number of hydrogen-bond donors (Lipinski definition) is 2. The molecule has 1 saturated heterocycles. The van der Waals surface area contributed by atoms with Crippen molar-refractivity contribution in [3.05, 3.63) is 40.1 Å². The number of nitrogens with one attached hydrogen (secondary N) is 1. The first-order chi connectivity index (χ1) is 13.7. The molecule has 2 N–H and O–H groups in total. The summed E-state index contributed by atoms with van der Waals surface area (Å²) in [6.45, 7) is 1.02. The topological polar surface area (TPSA) is 109 Å². The zero-order valence-electron chi connectivity index (χ0n) is 15.3. The van der Waals surface area contributed by atoms with Gasteiger partial charge < -0.3 is 15.3 Å². The normalized spacial score (nSPS) is 15.5. The van der Waals surface area contributed by atoms with Gasteiger partial charge in [0.25, 0.3) is 0 Å². The van der Waals surface area contributed by atoms with Gasteiger partial charge in [0.2, 0.25) is 5.69 Å². The summed E-state index contributed by atoms with van der Waals surface area (Å²) in [5, 5.41) is 23.5. The summed E-state index contributed by atoms with van der Waals surface area (Å²) in [6, 6.07) is 5.96. The molecule has 1 amide bonds. The van der Waals surface area contributed by atoms with Crippen LogP contribution in [-0.2, 0) is 6.18 Å². The maximum Gasteiger partial charge on any atom is 0.440 e. The molecule has 0 radical (unpaired) electrons. The SMILES string of the molecule is O=C(O)N1CCC(CCNc2c([N+](=O)[O-])c(C(F)(F)F)nc3ccccc23)CC1. The molecule has 1 aromatic carbocycles. The summed E-state index contributed by atoms with van der Waals surface area (Å²) in [5.74, 6) is 0.187. The van der Waals surface area contributed by atoms with Gasteiger partial charge in [-0.25, -0.2) is 9.78 Å². The van der Waals surface area contributed by atoms with Crippen molar-refractivity contribution >= 4 is 28.4 Å². The van der Waals surface area contributed by atoms with Gasteiger partial charge in [-0.1, -0.05) is 18.2 Å². The van der Waals surface area contributed by atoms with E-state index < -0.39 is 28.6 Å². The van der Waals surface area contributed by atoms with E-state index in [2.05, 4.69) is 10.3 Å². The van der Waals surface area contributed by atoms with E-state index in [0.717, 1.165) is 0 Å². The lowest BCUT2D eigenvalue weighted by Gasteiger charge is -2.30. The highest BCUT2D eigenvalue weighted by Crippen LogP contribution is 2.42. The van der Waals surface area contributed by atoms with Crippen LogP contribution in [0.4, 0.5) is 29.3 Å². The van der Waals surface area contributed by atoms with Gasteiger partial charge >= 0.3 is 18.0 Å². The summed E-state index contributed by atoms with van der Waals surface area (Å²) in [4.78, 5) is 26.2. The summed E-state index contributed by atoms with van der Waals surface area (Å²) in [6.07, 6.45) is -4.10. The van der Waals surface area contributed by atoms with E-state index in [9.17, 15) is 28.1 Å². The van der Waals surface area contributed by atoms with Crippen LogP contribution >= 0.6 is 0 Å². The van der Waals surface area contributed by atoms with Crippen molar-refractivity contribution in [2.75, 3.05) is 25.0 Å². The van der Waals surface area contributed by atoms with E-state index in [-0.39, 0.29) is 29.1 Å². The van der Waals surface area contributed by atoms with Crippen LogP contribution in [0.15, 0.2) is 24.3 Å². The van der Waals surface area contributed by atoms with Crippen molar-refractivity contribution in [1.82, 2.24) is 9.88 Å². The number of nitro groups is 1. The largest absolute Gasteiger partial charge is 0.465 e. The number of alkyl halides is 3. The molecule has 1 aliphatic heterocycles. The molecule has 0 atom stereocenters. The van der Waals surface area contributed by atoms with Crippen LogP contribution in [0.2, 0.25) is 0 Å². The first-order valence-corrected chi connectivity index (χ1v) is 9.04. The molecule has 1 aromatic heterocycles. The number of amides is 1. The lowest BCUT2D eigenvalue weighted by molar-refractivity contribution is -0.387. The number of halogens is 3. The molecular weight excluding hydrogens is 393 g/mol. The quantitative estimate of drug-likeness (QED) is 0.558. The predicted octanol–water partition coefficient (Wildman–Crippen LogP) is 4.35. The molecule has 1 fully saturated rings. The number of rotatable bonds is 5. The van der Waals surface area contributed by atoms with Gasteiger partial charge in [0.1, 0.15) is 5.69 Å². The van der Waals surface area contributed by atoms with E-state index in [1.165, 1.54) is 23.1 Å². The van der Waals surface area contributed by atoms with Crippen molar-refractivity contribution in [3.8, 4) is 0 Å². The number of nitrogens with zero attached hydrogens (tertiary/aromatic N) is 3. The van der Waals surface area contributed by atoms with E-state index in [4.69, 9.17) is 5.11 Å². The maximum absolute atomic E-state index is 13.4. The summed E-state index contributed by atoms with van der Waals surface area (Å²) >= 11 is 0. The zero-order valence-corrected chi connectivity index (χ0v) is 15.3. The highest BCUT2D eigenvalue weighted by molar-refractivity contribution is 5.96. The van der Waals surface area contributed by atoms with Gasteiger partial charge in [-0.05, 0) is 31.2 Å². The average Bonchev–Trinajstić information content (AvgIpc) is 2.67. The van der Waals surface area contributed by atoms with Crippen LogP contribution < -0.4 is 5.32 Å². The fourth-order valence-corrected chi connectivity index (χ4v) is 3.57. The van der Waals surface area contributed by atoms with Crippen LogP contribution in [0.1, 0.15) is 25.0 Å². The smallest absolute Gasteiger partial charge is 0.440 e. The van der Waals surface area contributed by atoms with Crippen molar-refractivity contribution < 1.29 is 28.0 Å². The molecule has 29 heavy (non-hydrogen) atoms. The Kier molecular flexibility index (Phi) is 5.76. The molecule has 0 spiro atoms. The molecule has 0 bridgehead atoms. The number of pyridine rings is 1. The second-order valence-electron chi connectivity index (χ2n) is 6.88. The second-order valence-corrected chi connectivity index (χ2v) is 6.88. The maximum atomic E-state index is 13.4. The first-order valence-electron chi connectivity index (χ1n) is 9.04. The van der Waals surface area contributed by atoms with Crippen LogP contribution in [-0.4, -0.2) is 45.6 Å². The van der Waals surface area contributed by atoms with E-state index in [0.29, 0.717) is 32.4 Å². The number of para-hydroxylation sites is 1. The minimum Gasteiger partial charge on any atom is -0.465 e. The molecule has 0 aliphatic carbocycles. The number of carboxylic acid groups (broad SMARTS) is 1. The van der Waals surface area contributed by atoms with Crippen LogP contribution in [0.5, 0.6) is 0 Å². The van der Waals surface area contributed by atoms with E-state index in [1.807, 2.05) is 0 Å². The number of likely N-dealkylation sites (tertiary alicyclic amines) is 1. The molecule has 2 heterocycles. The molecule has 3 rings (SSSR count). The Morgan fingerprint density at radius 1 is 1.31 bits per heavy atom. The number of carbonyl (C=O) groups is 1. The van der Waals surface area contributed by atoms with Crippen LogP contribution in [0.3, 0.4) is 0 Å². The molecule has 1 aliphatic rings. The minimum atomic E-state index is -4.97. The van der Waals surface area contributed by atoms with Gasteiger partial charge in [-0.3, -0.25) is 10.1 Å². The molecule has 8 nitrogen and oxygen atoms in total. The van der Waals surface area contributed by atoms with Crippen molar-refractivity contribution in [2.45, 2.75) is 25.4 Å². The van der Waals surface area contributed by atoms with Gasteiger partial charge in [-0.2, -0.15) is 13.2 Å². The molecule has 156 valence electrons. The molecule has 0 saturated carbocycles. The second kappa shape index (κ2) is 8.10. The van der Waals surface area contributed by atoms with Gasteiger partial charge in [-0.15, -0.1) is 0 Å². The van der Waals surface area contributed by atoms with Crippen molar-refractivity contribution in [2.24, 2.45) is 5.92 Å². The summed E-state index contributed by atoms with van der Waals surface area (Å²) in [7, 11) is 0. The number of hydrogen-bond acceptors (Lipinski definition) is 5. The standard InChI is InChI=1S/C18H19F3N4O4/c19-18(20,21)16-15(25(28)29)14(12-3-1-2-4-13(12)23-16)22-8-5-11-6-9-24(10-7-11)17(26)27/h1-4,11H,5-10H2,(H,22,23)(H,26,27). The third-order valence-corrected chi connectivity index (χ3v) is 5.06. The molecule has 2 aromatic rings. The summed E-state index contributed by atoms with van der Waals surface area (Å²) < 4.78 is 40.2. The molecule has 11 heteroatoms. The number of aromatic nitrogens is 1. The third kappa shape index (κ3) is 4.49. The molecule has 0 unspecified atom stereocenters. The lowest BCUT2D eigenvalue weighted by atomic mass is 9.93. The Labute approximate surface area is 163 Å².